The van der Waals surface area contributed by atoms with Gasteiger partial charge in [-0.25, -0.2) is 4.79 Å². The third kappa shape index (κ3) is 4.37. The molecule has 1 heterocycles. The molecule has 33 heavy (non-hydrogen) atoms. The average molecular weight is 475 g/mol. The van der Waals surface area contributed by atoms with Crippen LogP contribution in [0.2, 0.25) is 5.02 Å². The predicted molar refractivity (Wildman–Crippen MR) is 126 cm³/mol. The van der Waals surface area contributed by atoms with Crippen molar-refractivity contribution in [1.29, 1.82) is 0 Å². The van der Waals surface area contributed by atoms with Gasteiger partial charge in [0.1, 0.15) is 5.60 Å². The minimum atomic E-state index is -1.17. The summed E-state index contributed by atoms with van der Waals surface area (Å²) in [6.07, 6.45) is 5.36. The Kier molecular flexibility index (Phi) is 5.89. The molecule has 6 nitrogen and oxygen atoms in total. The molecule has 5 aliphatic rings. The fourth-order valence-electron chi connectivity index (χ4n) is 7.47. The molecule has 2 atom stereocenters. The maximum Gasteiger partial charge on any atom is 0.506 e. The van der Waals surface area contributed by atoms with Crippen LogP contribution in [0.5, 0.6) is 0 Å². The third-order valence-electron chi connectivity index (χ3n) is 9.00. The molecule has 180 valence electrons. The number of amides is 1. The van der Waals surface area contributed by atoms with Crippen LogP contribution in [0.25, 0.3) is 0 Å². The molecule has 1 aromatic rings. The second kappa shape index (κ2) is 8.46. The number of halogens is 1. The highest BCUT2D eigenvalue weighted by molar-refractivity contribution is 6.30. The molecule has 1 aliphatic heterocycles. The Morgan fingerprint density at radius 2 is 1.70 bits per heavy atom. The van der Waals surface area contributed by atoms with Gasteiger partial charge in [-0.15, -0.1) is 0 Å². The highest BCUT2D eigenvalue weighted by Gasteiger charge is 2.58. The molecule has 0 radical (unpaired) electrons. The average Bonchev–Trinajstić information content (AvgIpc) is 2.75. The van der Waals surface area contributed by atoms with Crippen LogP contribution < -0.4 is 5.32 Å². The Bertz CT molecular complexity index is 893. The number of hydrogen-bond donors (Lipinski definition) is 2. The molecule has 0 aromatic heterocycles. The smallest absolute Gasteiger partial charge is 0.450 e. The number of carboxylic acid groups (broad SMARTS) is 1. The van der Waals surface area contributed by atoms with Crippen LogP contribution in [-0.2, 0) is 9.53 Å². The number of rotatable bonds is 5. The number of benzene rings is 1. The Morgan fingerprint density at radius 3 is 2.27 bits per heavy atom. The first-order chi connectivity index (χ1) is 15.6. The predicted octanol–water partition coefficient (Wildman–Crippen LogP) is 5.06. The highest BCUT2D eigenvalue weighted by atomic mass is 35.5. The van der Waals surface area contributed by atoms with E-state index in [1.165, 1.54) is 5.56 Å². The van der Waals surface area contributed by atoms with Crippen molar-refractivity contribution in [3.63, 3.8) is 0 Å². The fraction of sp³-hybridized carbons (Fsp3) is 0.692. The van der Waals surface area contributed by atoms with Crippen LogP contribution in [0.15, 0.2) is 24.3 Å². The van der Waals surface area contributed by atoms with Crippen molar-refractivity contribution in [3.8, 4) is 0 Å². The molecule has 4 saturated carbocycles. The minimum absolute atomic E-state index is 0.0955. The van der Waals surface area contributed by atoms with Gasteiger partial charge in [-0.2, -0.15) is 0 Å². The molecule has 2 unspecified atom stereocenters. The number of carbonyl (C=O) groups excluding carboxylic acids is 1. The fourth-order valence-corrected chi connectivity index (χ4v) is 7.60. The van der Waals surface area contributed by atoms with E-state index in [0.29, 0.717) is 23.7 Å². The van der Waals surface area contributed by atoms with Gasteiger partial charge in [-0.05, 0) is 113 Å². The normalized spacial score (nSPS) is 34.3. The van der Waals surface area contributed by atoms with E-state index < -0.39 is 17.3 Å². The van der Waals surface area contributed by atoms with Gasteiger partial charge in [0.15, 0.2) is 0 Å². The second-order valence-electron chi connectivity index (χ2n) is 11.4. The first-order valence-corrected chi connectivity index (χ1v) is 12.8. The van der Waals surface area contributed by atoms with Gasteiger partial charge >= 0.3 is 6.16 Å². The molecule has 0 spiro atoms. The Morgan fingerprint density at radius 1 is 1.09 bits per heavy atom. The van der Waals surface area contributed by atoms with Crippen molar-refractivity contribution in [2.75, 3.05) is 13.1 Å². The lowest BCUT2D eigenvalue weighted by molar-refractivity contribution is -0.157. The largest absolute Gasteiger partial charge is 0.506 e. The van der Waals surface area contributed by atoms with Crippen molar-refractivity contribution >= 4 is 23.7 Å². The van der Waals surface area contributed by atoms with E-state index in [1.807, 2.05) is 26.0 Å². The van der Waals surface area contributed by atoms with E-state index in [1.54, 1.807) is 0 Å². The minimum Gasteiger partial charge on any atom is -0.450 e. The van der Waals surface area contributed by atoms with E-state index in [4.69, 9.17) is 16.3 Å². The molecule has 1 aromatic carbocycles. The van der Waals surface area contributed by atoms with Gasteiger partial charge in [0.05, 0.1) is 5.54 Å². The summed E-state index contributed by atoms with van der Waals surface area (Å²) in [5, 5.41) is 13.4. The molecule has 2 N–H and O–H groups in total. The zero-order valence-electron chi connectivity index (χ0n) is 19.6. The van der Waals surface area contributed by atoms with Gasteiger partial charge in [-0.1, -0.05) is 23.7 Å². The van der Waals surface area contributed by atoms with Crippen LogP contribution in [-0.4, -0.2) is 52.3 Å². The lowest BCUT2D eigenvalue weighted by atomic mass is 9.52. The summed E-state index contributed by atoms with van der Waals surface area (Å²) in [5.41, 5.74) is 0.227. The van der Waals surface area contributed by atoms with Crippen LogP contribution in [0.3, 0.4) is 0 Å². The topological polar surface area (TPSA) is 78.9 Å². The second-order valence-corrected chi connectivity index (χ2v) is 11.8. The molecule has 4 bridgehead atoms. The Balaban J connectivity index is 1.20. The molecule has 6 rings (SSSR count). The lowest BCUT2D eigenvalue weighted by Crippen LogP contribution is -2.66. The zero-order chi connectivity index (χ0) is 23.4. The van der Waals surface area contributed by atoms with Gasteiger partial charge in [0.2, 0.25) is 5.91 Å². The van der Waals surface area contributed by atoms with E-state index in [2.05, 4.69) is 22.3 Å². The number of likely N-dealkylation sites (tertiary alicyclic amines) is 1. The van der Waals surface area contributed by atoms with E-state index in [0.717, 1.165) is 63.1 Å². The van der Waals surface area contributed by atoms with Crippen LogP contribution in [0, 0.1) is 17.8 Å². The lowest BCUT2D eigenvalue weighted by Gasteiger charge is -2.59. The number of ether oxygens (including phenoxy) is 1. The number of nitrogens with zero attached hydrogens (tertiary/aromatic N) is 1. The van der Waals surface area contributed by atoms with E-state index in [9.17, 15) is 14.7 Å². The van der Waals surface area contributed by atoms with Crippen molar-refractivity contribution in [2.24, 2.45) is 17.8 Å². The van der Waals surface area contributed by atoms with Gasteiger partial charge in [0, 0.05) is 11.1 Å². The summed E-state index contributed by atoms with van der Waals surface area (Å²) in [6, 6.07) is 8.28. The quantitative estimate of drug-likeness (QED) is 0.583. The van der Waals surface area contributed by atoms with Gasteiger partial charge in [-0.3, -0.25) is 9.69 Å². The van der Waals surface area contributed by atoms with Crippen molar-refractivity contribution in [3.05, 3.63) is 34.9 Å². The maximum atomic E-state index is 13.5. The van der Waals surface area contributed by atoms with Crippen molar-refractivity contribution < 1.29 is 19.4 Å². The van der Waals surface area contributed by atoms with Crippen molar-refractivity contribution in [2.45, 2.75) is 81.9 Å². The summed E-state index contributed by atoms with van der Waals surface area (Å²) in [4.78, 5) is 27.1. The number of carbonyl (C=O) groups is 2. The SMILES string of the molecule is CC(C)(C(=O)NC1C2CC3CC1CC(OC(=O)O)(C3)C2)N1CCC(c2ccc(Cl)cc2)CC1. The monoisotopic (exact) mass is 474 g/mol. The van der Waals surface area contributed by atoms with Crippen LogP contribution in [0.4, 0.5) is 4.79 Å². The van der Waals surface area contributed by atoms with Gasteiger partial charge < -0.3 is 15.2 Å². The molecular weight excluding hydrogens is 440 g/mol. The van der Waals surface area contributed by atoms with Gasteiger partial charge in [0.25, 0.3) is 0 Å². The standard InChI is InChI=1S/C26H35ClN2O4/c1-25(2,29-9-7-18(8-10-29)17-3-5-21(27)6-4-17)23(30)28-22-19-11-16-12-20(22)15-26(13-16,14-19)33-24(31)32/h3-6,16,18-20,22H,7-15H2,1-2H3,(H,28,30)(H,31,32). The van der Waals surface area contributed by atoms with E-state index in [-0.39, 0.29) is 11.9 Å². The molecule has 4 aliphatic carbocycles. The van der Waals surface area contributed by atoms with Crippen molar-refractivity contribution in [1.82, 2.24) is 10.2 Å². The molecule has 7 heteroatoms. The van der Waals surface area contributed by atoms with Crippen LogP contribution in [0.1, 0.15) is 70.3 Å². The summed E-state index contributed by atoms with van der Waals surface area (Å²) in [7, 11) is 0. The number of hydrogen-bond acceptors (Lipinski definition) is 4. The first kappa shape index (κ1) is 23.0. The van der Waals surface area contributed by atoms with E-state index >= 15 is 0 Å². The maximum absolute atomic E-state index is 13.5. The summed E-state index contributed by atoms with van der Waals surface area (Å²) in [6.45, 7) is 5.86. The molecule has 1 amide bonds. The number of nitrogens with one attached hydrogen (secondary N) is 1. The third-order valence-corrected chi connectivity index (χ3v) is 9.25. The molecule has 5 fully saturated rings. The zero-order valence-corrected chi connectivity index (χ0v) is 20.3. The molecular formula is C26H35ClN2O4. The molecule has 1 saturated heterocycles. The summed E-state index contributed by atoms with van der Waals surface area (Å²) < 4.78 is 5.41. The summed E-state index contributed by atoms with van der Waals surface area (Å²) >= 11 is 6.04. The van der Waals surface area contributed by atoms with Crippen LogP contribution >= 0.6 is 11.6 Å². The highest BCUT2D eigenvalue weighted by Crippen LogP contribution is 2.57. The first-order valence-electron chi connectivity index (χ1n) is 12.4. The summed E-state index contributed by atoms with van der Waals surface area (Å²) in [5.74, 6) is 1.75. The Hall–Kier alpha value is -1.79. The Labute approximate surface area is 201 Å². The number of piperidine rings is 1.